The smallest absolute Gasteiger partial charge is 0.234 e. The summed E-state index contributed by atoms with van der Waals surface area (Å²) < 4.78 is 13.4. The van der Waals surface area contributed by atoms with Crippen molar-refractivity contribution in [2.45, 2.75) is 25.9 Å². The molecule has 1 fully saturated rings. The lowest BCUT2D eigenvalue weighted by Crippen LogP contribution is -2.33. The zero-order chi connectivity index (χ0) is 20.2. The number of nitrogens with one attached hydrogen (secondary N) is 1. The number of hydrogen-bond donors (Lipinski definition) is 1. The Kier molecular flexibility index (Phi) is 7.15. The van der Waals surface area contributed by atoms with Crippen LogP contribution in [-0.2, 0) is 11.8 Å². The summed E-state index contributed by atoms with van der Waals surface area (Å²) >= 11 is 0. The molecule has 1 aliphatic rings. The quantitative estimate of drug-likeness (QED) is 0.593. The van der Waals surface area contributed by atoms with E-state index in [1.807, 2.05) is 26.1 Å². The first-order valence-corrected chi connectivity index (χ1v) is 9.67. The maximum absolute atomic E-state index is 9.25. The topological polar surface area (TPSA) is 111 Å². The van der Waals surface area contributed by atoms with E-state index in [-0.39, 0.29) is 18.2 Å². The summed E-state index contributed by atoms with van der Waals surface area (Å²) in [5.41, 5.74) is 3.48. The van der Waals surface area contributed by atoms with E-state index >= 15 is 0 Å². The summed E-state index contributed by atoms with van der Waals surface area (Å²) in [5, 5.41) is 12.6. The van der Waals surface area contributed by atoms with E-state index in [1.54, 1.807) is 17.1 Å². The average molecular weight is 430 g/mol. The lowest BCUT2D eigenvalue weighted by Gasteiger charge is -2.22. The van der Waals surface area contributed by atoms with Gasteiger partial charge in [-0.05, 0) is 38.9 Å². The van der Waals surface area contributed by atoms with Gasteiger partial charge in [0.2, 0.25) is 11.7 Å². The second-order valence-electron chi connectivity index (χ2n) is 7.05. The van der Waals surface area contributed by atoms with Crippen LogP contribution in [-0.4, -0.2) is 56.9 Å². The van der Waals surface area contributed by atoms with Crippen molar-refractivity contribution in [1.29, 1.82) is 5.26 Å². The maximum Gasteiger partial charge on any atom is 0.234 e. The van der Waals surface area contributed by atoms with Crippen molar-refractivity contribution in [1.82, 2.24) is 29.8 Å². The monoisotopic (exact) mass is 429 g/mol. The van der Waals surface area contributed by atoms with Crippen molar-refractivity contribution in [3.8, 4) is 23.2 Å². The van der Waals surface area contributed by atoms with Gasteiger partial charge in [-0.25, -0.2) is 15.0 Å². The third kappa shape index (κ3) is 4.67. The number of piperidine rings is 1. The van der Waals surface area contributed by atoms with Crippen LogP contribution in [0.15, 0.2) is 18.6 Å². The van der Waals surface area contributed by atoms with Crippen molar-refractivity contribution in [2.75, 3.05) is 26.3 Å². The van der Waals surface area contributed by atoms with Gasteiger partial charge in [0.15, 0.2) is 5.65 Å². The van der Waals surface area contributed by atoms with Crippen molar-refractivity contribution in [3.63, 3.8) is 0 Å². The Morgan fingerprint density at radius 1 is 1.23 bits per heavy atom. The van der Waals surface area contributed by atoms with Crippen molar-refractivity contribution < 1.29 is 9.47 Å². The summed E-state index contributed by atoms with van der Waals surface area (Å²) in [6.07, 6.45) is 5.73. The third-order valence-electron chi connectivity index (χ3n) is 4.93. The highest BCUT2D eigenvalue weighted by Crippen LogP contribution is 2.27. The van der Waals surface area contributed by atoms with E-state index in [1.165, 1.54) is 0 Å². The fraction of sp³-hybridized carbons (Fsp3) is 0.450. The molecule has 1 N–H and O–H groups in total. The molecule has 1 aliphatic heterocycles. The van der Waals surface area contributed by atoms with Gasteiger partial charge in [0.05, 0.1) is 19.0 Å². The minimum Gasteiger partial charge on any atom is -0.475 e. The minimum atomic E-state index is 0. The molecule has 4 rings (SSSR count). The Morgan fingerprint density at radius 3 is 2.77 bits per heavy atom. The second-order valence-corrected chi connectivity index (χ2v) is 7.05. The first-order valence-electron chi connectivity index (χ1n) is 9.67. The SMILES string of the molecule is Cc1cc(-c2nc(C#N)nc3c2ncn3C)cnc1OCCOC1CCNCC1.Cl. The molecule has 0 unspecified atom stereocenters. The Bertz CT molecular complexity index is 1060. The lowest BCUT2D eigenvalue weighted by atomic mass is 10.1. The summed E-state index contributed by atoms with van der Waals surface area (Å²) in [6.45, 7) is 4.94. The van der Waals surface area contributed by atoms with Crippen molar-refractivity contribution in [2.24, 2.45) is 7.05 Å². The molecule has 0 bridgehead atoms. The van der Waals surface area contributed by atoms with Gasteiger partial charge >= 0.3 is 0 Å². The molecular formula is C20H24ClN7O2. The molecule has 0 aromatic carbocycles. The van der Waals surface area contributed by atoms with E-state index in [9.17, 15) is 5.26 Å². The second kappa shape index (κ2) is 9.80. The van der Waals surface area contributed by atoms with E-state index in [4.69, 9.17) is 9.47 Å². The van der Waals surface area contributed by atoms with Crippen LogP contribution in [0.4, 0.5) is 0 Å². The van der Waals surface area contributed by atoms with Gasteiger partial charge in [0.1, 0.15) is 23.9 Å². The van der Waals surface area contributed by atoms with Gasteiger partial charge in [-0.3, -0.25) is 0 Å². The molecule has 0 spiro atoms. The summed E-state index contributed by atoms with van der Waals surface area (Å²) in [6, 6.07) is 3.95. The number of halogens is 1. The van der Waals surface area contributed by atoms with Crippen molar-refractivity contribution in [3.05, 3.63) is 30.0 Å². The molecule has 0 aliphatic carbocycles. The fourth-order valence-corrected chi connectivity index (χ4v) is 3.42. The molecule has 10 heteroatoms. The van der Waals surface area contributed by atoms with Gasteiger partial charge in [-0.2, -0.15) is 10.2 Å². The fourth-order valence-electron chi connectivity index (χ4n) is 3.42. The lowest BCUT2D eigenvalue weighted by molar-refractivity contribution is 0.0161. The molecule has 0 saturated carbocycles. The number of aromatic nitrogens is 5. The van der Waals surface area contributed by atoms with Crippen LogP contribution in [0.1, 0.15) is 24.2 Å². The molecule has 0 radical (unpaired) electrons. The zero-order valence-electron chi connectivity index (χ0n) is 17.0. The maximum atomic E-state index is 9.25. The first kappa shape index (κ1) is 21.9. The van der Waals surface area contributed by atoms with Gasteiger partial charge in [-0.15, -0.1) is 12.4 Å². The first-order chi connectivity index (χ1) is 14.2. The van der Waals surface area contributed by atoms with E-state index in [2.05, 4.69) is 25.3 Å². The van der Waals surface area contributed by atoms with Crippen LogP contribution in [0.25, 0.3) is 22.4 Å². The molecule has 0 amide bonds. The van der Waals surface area contributed by atoms with E-state index in [0.29, 0.717) is 42.1 Å². The Hall–Kier alpha value is -2.80. The Balaban J connectivity index is 0.00000256. The van der Waals surface area contributed by atoms with Gasteiger partial charge < -0.3 is 19.4 Å². The number of fused-ring (bicyclic) bond motifs is 1. The Morgan fingerprint density at radius 2 is 2.03 bits per heavy atom. The molecule has 4 heterocycles. The van der Waals surface area contributed by atoms with Crippen LogP contribution >= 0.6 is 12.4 Å². The molecular weight excluding hydrogens is 406 g/mol. The number of pyridine rings is 1. The average Bonchev–Trinajstić information content (AvgIpc) is 3.13. The van der Waals surface area contributed by atoms with Gasteiger partial charge in [-0.1, -0.05) is 0 Å². The molecule has 0 atom stereocenters. The zero-order valence-corrected chi connectivity index (χ0v) is 17.8. The van der Waals surface area contributed by atoms with Crippen LogP contribution in [0.3, 0.4) is 0 Å². The van der Waals surface area contributed by atoms with Gasteiger partial charge in [0, 0.05) is 24.4 Å². The minimum absolute atomic E-state index is 0. The summed E-state index contributed by atoms with van der Waals surface area (Å²) in [7, 11) is 1.83. The third-order valence-corrected chi connectivity index (χ3v) is 4.93. The molecule has 3 aromatic rings. The standard InChI is InChI=1S/C20H23N7O2.ClH/c1-13-9-14(17-18-19(27(2)12-24-18)26-16(10-21)25-17)11-23-20(13)29-8-7-28-15-3-5-22-6-4-15;/h9,11-12,15,22H,3-8H2,1-2H3;1H. The largest absolute Gasteiger partial charge is 0.475 e. The summed E-state index contributed by atoms with van der Waals surface area (Å²) in [4.78, 5) is 17.4. The number of hydrogen-bond acceptors (Lipinski definition) is 8. The number of ether oxygens (including phenoxy) is 2. The van der Waals surface area contributed by atoms with Gasteiger partial charge in [0.25, 0.3) is 0 Å². The highest BCUT2D eigenvalue weighted by Gasteiger charge is 2.16. The van der Waals surface area contributed by atoms with E-state index < -0.39 is 0 Å². The highest BCUT2D eigenvalue weighted by molar-refractivity contribution is 5.87. The molecule has 3 aromatic heterocycles. The highest BCUT2D eigenvalue weighted by atomic mass is 35.5. The molecule has 9 nitrogen and oxygen atoms in total. The Labute approximate surface area is 180 Å². The normalized spacial score (nSPS) is 14.3. The molecule has 30 heavy (non-hydrogen) atoms. The van der Waals surface area contributed by atoms with Crippen LogP contribution in [0.2, 0.25) is 0 Å². The number of imidazole rings is 1. The summed E-state index contributed by atoms with van der Waals surface area (Å²) in [5.74, 6) is 0.665. The predicted octanol–water partition coefficient (Wildman–Crippen LogP) is 2.17. The molecule has 158 valence electrons. The molecule has 1 saturated heterocycles. The van der Waals surface area contributed by atoms with Crippen LogP contribution in [0, 0.1) is 18.3 Å². The number of aryl methyl sites for hydroxylation is 2. The van der Waals surface area contributed by atoms with Crippen LogP contribution < -0.4 is 10.1 Å². The van der Waals surface area contributed by atoms with Crippen LogP contribution in [0.5, 0.6) is 5.88 Å². The van der Waals surface area contributed by atoms with E-state index in [0.717, 1.165) is 37.1 Å². The number of rotatable bonds is 6. The number of nitrogens with zero attached hydrogens (tertiary/aromatic N) is 6. The predicted molar refractivity (Wildman–Crippen MR) is 114 cm³/mol. The number of nitriles is 1. The van der Waals surface area contributed by atoms with Crippen molar-refractivity contribution >= 4 is 23.6 Å².